The second-order valence-corrected chi connectivity index (χ2v) is 1.29. The van der Waals surface area contributed by atoms with Gasteiger partial charge in [-0.15, -0.1) is 0 Å². The van der Waals surface area contributed by atoms with Gasteiger partial charge in [0, 0.05) is 0 Å². The molecule has 0 radical (unpaired) electrons. The van der Waals surface area contributed by atoms with Crippen LogP contribution in [0, 0.1) is 0 Å². The monoisotopic (exact) mass is 72.1 g/mol. The van der Waals surface area contributed by atoms with Crippen LogP contribution in [-0.4, -0.2) is 43.0 Å². The fraction of sp³-hybridized carbons (Fsp3) is 0. The molecule has 0 bridgehead atoms. The first kappa shape index (κ1) is 6.39. The standard InChI is InChI=1S/B6H6/c1-3-5-6-4-2/h3-4H,1-2H2. The molecular weight excluding hydrogens is 64.9 g/mol. The molecule has 0 amide bonds. The average Bonchev–Trinajstić information content (AvgIpc) is 1.61. The van der Waals surface area contributed by atoms with Gasteiger partial charge >= 0.3 is 43.0 Å². The van der Waals surface area contributed by atoms with Gasteiger partial charge in [0.15, 0.2) is 0 Å². The van der Waals surface area contributed by atoms with Crippen molar-refractivity contribution < 1.29 is 0 Å². The van der Waals surface area contributed by atoms with Crippen LogP contribution in [0.4, 0.5) is 0 Å². The van der Waals surface area contributed by atoms with E-state index in [9.17, 15) is 0 Å². The van der Waals surface area contributed by atoms with Crippen molar-refractivity contribution in [2.45, 2.75) is 0 Å². The fourth-order valence-corrected chi connectivity index (χ4v) is 0.333. The first-order chi connectivity index (χ1) is 2.91. The van der Waals surface area contributed by atoms with Crippen molar-refractivity contribution in [3.05, 3.63) is 0 Å². The Hall–Kier alpha value is 0.390. The van der Waals surface area contributed by atoms with Crippen molar-refractivity contribution in [3.63, 3.8) is 0 Å². The van der Waals surface area contributed by atoms with E-state index in [2.05, 4.69) is 28.9 Å². The Kier molecular flexibility index (Phi) is 5.74. The van der Waals surface area contributed by atoms with Crippen molar-refractivity contribution in [3.8, 4) is 0 Å². The number of hydrogen-bond acceptors (Lipinski definition) is 0. The van der Waals surface area contributed by atoms with Crippen molar-refractivity contribution in [2.75, 3.05) is 0 Å². The summed E-state index contributed by atoms with van der Waals surface area (Å²) in [4.78, 5) is 0. The van der Waals surface area contributed by atoms with Crippen LogP contribution in [0.5, 0.6) is 0 Å². The van der Waals surface area contributed by atoms with E-state index in [-0.39, 0.29) is 0 Å². The van der Waals surface area contributed by atoms with Crippen molar-refractivity contribution in [1.82, 2.24) is 0 Å². The van der Waals surface area contributed by atoms with E-state index in [0.29, 0.717) is 0 Å². The van der Waals surface area contributed by atoms with Crippen molar-refractivity contribution >= 4 is 43.0 Å². The molecule has 0 nitrogen and oxygen atoms in total. The zero-order valence-electron chi connectivity index (χ0n) is 4.57. The van der Waals surface area contributed by atoms with Gasteiger partial charge in [-0.05, 0) is 0 Å². The summed E-state index contributed by atoms with van der Waals surface area (Å²) in [6, 6.07) is 0. The van der Waals surface area contributed by atoms with Crippen LogP contribution >= 0.6 is 0 Å². The van der Waals surface area contributed by atoms with Crippen LogP contribution in [-0.2, 0) is 0 Å². The van der Waals surface area contributed by atoms with Gasteiger partial charge in [0.25, 0.3) is 0 Å². The predicted octanol–water partition coefficient (Wildman–Crippen LogP) is -3.89. The van der Waals surface area contributed by atoms with Gasteiger partial charge in [-0.1, -0.05) is 0 Å². The first-order valence-electron chi connectivity index (χ1n) is 2.56. The molecule has 0 aromatic rings. The molecule has 0 atom stereocenters. The van der Waals surface area contributed by atoms with Crippen LogP contribution < -0.4 is 0 Å². The summed E-state index contributed by atoms with van der Waals surface area (Å²) >= 11 is 0. The van der Waals surface area contributed by atoms with Crippen molar-refractivity contribution in [2.24, 2.45) is 0 Å². The first-order valence-corrected chi connectivity index (χ1v) is 2.56. The Balaban J connectivity index is 2.73. The molecule has 0 aliphatic carbocycles. The quantitative estimate of drug-likeness (QED) is 0.292. The van der Waals surface area contributed by atoms with Crippen LogP contribution in [0.1, 0.15) is 0 Å². The third-order valence-electron chi connectivity index (χ3n) is 0.638. The minimum absolute atomic E-state index is 1.17. The molecular formula is H6B6. The molecule has 0 fully saturated rings. The van der Waals surface area contributed by atoms with E-state index in [4.69, 9.17) is 0 Å². The van der Waals surface area contributed by atoms with Gasteiger partial charge in [0.1, 0.15) is 0 Å². The Morgan fingerprint density at radius 1 is 1.00 bits per heavy atom. The Morgan fingerprint density at radius 3 is 1.50 bits per heavy atom. The maximum absolute atomic E-state index is 2.18. The summed E-state index contributed by atoms with van der Waals surface area (Å²) in [5, 5.41) is 0. The minimum atomic E-state index is 1.17. The predicted molar refractivity (Wildman–Crippen MR) is 42.9 cm³/mol. The van der Waals surface area contributed by atoms with Crippen molar-refractivity contribution in [1.29, 1.82) is 0 Å². The summed E-state index contributed by atoms with van der Waals surface area (Å²) in [5.74, 6) is 0. The zero-order valence-corrected chi connectivity index (χ0v) is 4.57. The van der Waals surface area contributed by atoms with Gasteiger partial charge in [0.05, 0.1) is 0 Å². The second-order valence-electron chi connectivity index (χ2n) is 1.29. The number of hydrogen-bond donors (Lipinski definition) is 0. The second kappa shape index (κ2) is 5.39. The summed E-state index contributed by atoms with van der Waals surface area (Å²) in [7, 11) is 6.64. The summed E-state index contributed by atoms with van der Waals surface area (Å²) < 4.78 is 0. The summed E-state index contributed by atoms with van der Waals surface area (Å²) in [6.45, 7) is 4.36. The average molecular weight is 70.9 g/mol. The topological polar surface area (TPSA) is 0 Å². The van der Waals surface area contributed by atoms with E-state index in [0.717, 1.165) is 0 Å². The molecule has 0 aromatic carbocycles. The third kappa shape index (κ3) is 4.39. The summed E-state index contributed by atoms with van der Waals surface area (Å²) in [6.07, 6.45) is 0. The molecule has 24 valence electrons. The molecule has 0 heterocycles. The molecule has 0 aliphatic rings. The zero-order chi connectivity index (χ0) is 4.83. The van der Waals surface area contributed by atoms with Crippen LogP contribution in [0.25, 0.3) is 0 Å². The van der Waals surface area contributed by atoms with E-state index in [1.54, 1.807) is 0 Å². The van der Waals surface area contributed by atoms with E-state index in [1.165, 1.54) is 14.1 Å². The van der Waals surface area contributed by atoms with Gasteiger partial charge in [-0.25, -0.2) is 0 Å². The fourth-order valence-electron chi connectivity index (χ4n) is 0.333. The van der Waals surface area contributed by atoms with Crippen LogP contribution in [0.2, 0.25) is 0 Å². The van der Waals surface area contributed by atoms with Gasteiger partial charge in [-0.3, -0.25) is 0 Å². The molecule has 0 saturated heterocycles. The maximum atomic E-state index is 2.18. The van der Waals surface area contributed by atoms with Crippen LogP contribution in [0.3, 0.4) is 0 Å². The molecule has 0 unspecified atom stereocenters. The molecule has 6 heteroatoms. The molecule has 0 rings (SSSR count). The molecule has 0 saturated carbocycles. The Morgan fingerprint density at radius 2 is 1.33 bits per heavy atom. The molecule has 0 aliphatic heterocycles. The van der Waals surface area contributed by atoms with E-state index >= 15 is 0 Å². The Labute approximate surface area is 43.8 Å². The Bertz CT molecular complexity index is 29.3. The van der Waals surface area contributed by atoms with Crippen LogP contribution in [0.15, 0.2) is 0 Å². The van der Waals surface area contributed by atoms with Gasteiger partial charge < -0.3 is 0 Å². The van der Waals surface area contributed by atoms with E-state index < -0.39 is 0 Å². The van der Waals surface area contributed by atoms with E-state index in [1.807, 2.05) is 0 Å². The van der Waals surface area contributed by atoms with Gasteiger partial charge in [-0.2, -0.15) is 0 Å². The van der Waals surface area contributed by atoms with Gasteiger partial charge in [0.2, 0.25) is 0 Å². The number of rotatable bonds is 2. The molecule has 6 heavy (non-hydrogen) atoms. The molecule has 0 spiro atoms. The molecule has 0 N–H and O–H groups in total. The summed E-state index contributed by atoms with van der Waals surface area (Å²) in [5.41, 5.74) is 0. The third-order valence-corrected chi connectivity index (χ3v) is 0.638. The molecule has 0 aromatic heterocycles. The SMILES string of the molecule is BBB=BBB. The normalized spacial score (nSPS) is 6.00.